The molecular weight excluding hydrogens is 210 g/mol. The molecule has 0 aliphatic rings. The third-order valence-electron chi connectivity index (χ3n) is 3.04. The summed E-state index contributed by atoms with van der Waals surface area (Å²) in [5, 5.41) is 2.30. The molecule has 0 fully saturated rings. The first-order valence-corrected chi connectivity index (χ1v) is 5.53. The zero-order chi connectivity index (χ0) is 11.2. The van der Waals surface area contributed by atoms with Crippen molar-refractivity contribution in [2.24, 2.45) is 0 Å². The Morgan fingerprint density at radius 2 is 1.88 bits per heavy atom. The third kappa shape index (κ3) is 1.16. The summed E-state index contributed by atoms with van der Waals surface area (Å²) in [6, 6.07) is 14.4. The second kappa shape index (κ2) is 3.04. The van der Waals surface area contributed by atoms with E-state index in [1.807, 2.05) is 34.9 Å². The maximum Gasteiger partial charge on any atom is 0.146 e. The van der Waals surface area contributed by atoms with Gasteiger partial charge in [0.15, 0.2) is 0 Å². The zero-order valence-corrected chi connectivity index (χ0v) is 9.04. The molecule has 4 rings (SSSR count). The first-order valence-electron chi connectivity index (χ1n) is 5.53. The molecule has 3 heterocycles. The van der Waals surface area contributed by atoms with Gasteiger partial charge in [-0.1, -0.05) is 18.2 Å². The molecule has 0 radical (unpaired) electrons. The Kier molecular flexibility index (Phi) is 1.56. The van der Waals surface area contributed by atoms with Crippen molar-refractivity contribution in [2.45, 2.75) is 0 Å². The zero-order valence-electron chi connectivity index (χ0n) is 9.04. The van der Waals surface area contributed by atoms with E-state index in [2.05, 4.69) is 23.2 Å². The second-order valence-electron chi connectivity index (χ2n) is 4.08. The summed E-state index contributed by atoms with van der Waals surface area (Å²) in [6.07, 6.45) is 3.74. The standard InChI is InChI=1S/C14H9N3/c1-2-4-12-10(3-1)9-11-5-6-13-15-7-8-17(13)14(11)16-12/h1-9H. The first-order chi connectivity index (χ1) is 8.42. The second-order valence-corrected chi connectivity index (χ2v) is 4.08. The van der Waals surface area contributed by atoms with Gasteiger partial charge in [0.25, 0.3) is 0 Å². The lowest BCUT2D eigenvalue weighted by Crippen LogP contribution is -1.91. The Balaban J connectivity index is 2.29. The van der Waals surface area contributed by atoms with E-state index < -0.39 is 0 Å². The lowest BCUT2D eigenvalue weighted by molar-refractivity contribution is 1.21. The van der Waals surface area contributed by atoms with Gasteiger partial charge in [-0.25, -0.2) is 9.97 Å². The quantitative estimate of drug-likeness (QED) is 0.425. The molecule has 0 aliphatic heterocycles. The summed E-state index contributed by atoms with van der Waals surface area (Å²) >= 11 is 0. The van der Waals surface area contributed by atoms with Crippen LogP contribution < -0.4 is 0 Å². The average Bonchev–Trinajstić information content (AvgIpc) is 2.85. The first kappa shape index (κ1) is 8.70. The number of nitrogens with zero attached hydrogens (tertiary/aromatic N) is 3. The molecule has 0 saturated heterocycles. The van der Waals surface area contributed by atoms with Crippen LogP contribution in [0.15, 0.2) is 54.9 Å². The van der Waals surface area contributed by atoms with Crippen molar-refractivity contribution >= 4 is 27.6 Å². The van der Waals surface area contributed by atoms with E-state index in [4.69, 9.17) is 4.98 Å². The molecule has 0 aliphatic carbocycles. The predicted molar refractivity (Wildman–Crippen MR) is 68.0 cm³/mol. The SMILES string of the molecule is c1ccc2nc3c(ccc4nccn43)cc2c1. The highest BCUT2D eigenvalue weighted by atomic mass is 15.0. The summed E-state index contributed by atoms with van der Waals surface area (Å²) in [7, 11) is 0. The summed E-state index contributed by atoms with van der Waals surface area (Å²) in [5.74, 6) is 0. The van der Waals surface area contributed by atoms with Gasteiger partial charge in [-0.3, -0.25) is 4.40 Å². The van der Waals surface area contributed by atoms with E-state index >= 15 is 0 Å². The highest BCUT2D eigenvalue weighted by molar-refractivity contribution is 5.92. The van der Waals surface area contributed by atoms with Crippen molar-refractivity contribution in [2.75, 3.05) is 0 Å². The predicted octanol–water partition coefficient (Wildman–Crippen LogP) is 3.04. The fraction of sp³-hybridized carbons (Fsp3) is 0. The molecule has 3 heteroatoms. The fourth-order valence-corrected chi connectivity index (χ4v) is 2.22. The summed E-state index contributed by atoms with van der Waals surface area (Å²) in [5.41, 5.74) is 2.90. The van der Waals surface area contributed by atoms with Crippen LogP contribution >= 0.6 is 0 Å². The Labute approximate surface area is 97.4 Å². The number of hydrogen-bond donors (Lipinski definition) is 0. The summed E-state index contributed by atoms with van der Waals surface area (Å²) in [4.78, 5) is 8.97. The van der Waals surface area contributed by atoms with Crippen molar-refractivity contribution in [1.82, 2.24) is 14.4 Å². The van der Waals surface area contributed by atoms with Gasteiger partial charge in [0, 0.05) is 23.2 Å². The van der Waals surface area contributed by atoms with Gasteiger partial charge in [0.1, 0.15) is 11.3 Å². The molecule has 4 aromatic rings. The topological polar surface area (TPSA) is 30.2 Å². The van der Waals surface area contributed by atoms with E-state index in [1.54, 1.807) is 6.20 Å². The third-order valence-corrected chi connectivity index (χ3v) is 3.04. The molecule has 0 unspecified atom stereocenters. The minimum atomic E-state index is 0.931. The van der Waals surface area contributed by atoms with Crippen molar-refractivity contribution in [3.05, 3.63) is 54.9 Å². The maximum atomic E-state index is 4.70. The Morgan fingerprint density at radius 1 is 0.941 bits per heavy atom. The van der Waals surface area contributed by atoms with Crippen LogP contribution in [0.1, 0.15) is 0 Å². The number of pyridine rings is 2. The van der Waals surface area contributed by atoms with Gasteiger partial charge in [0.2, 0.25) is 0 Å². The van der Waals surface area contributed by atoms with Crippen molar-refractivity contribution < 1.29 is 0 Å². The Hall–Kier alpha value is -2.42. The number of benzene rings is 1. The molecule has 0 saturated carbocycles. The van der Waals surface area contributed by atoms with Gasteiger partial charge in [-0.15, -0.1) is 0 Å². The van der Waals surface area contributed by atoms with Gasteiger partial charge >= 0.3 is 0 Å². The molecule has 17 heavy (non-hydrogen) atoms. The van der Waals surface area contributed by atoms with E-state index in [-0.39, 0.29) is 0 Å². The van der Waals surface area contributed by atoms with Gasteiger partial charge in [-0.2, -0.15) is 0 Å². The molecule has 0 atom stereocenters. The molecule has 0 spiro atoms. The summed E-state index contributed by atoms with van der Waals surface area (Å²) in [6.45, 7) is 0. The molecule has 0 N–H and O–H groups in total. The summed E-state index contributed by atoms with van der Waals surface area (Å²) < 4.78 is 2.02. The Morgan fingerprint density at radius 3 is 2.88 bits per heavy atom. The molecule has 80 valence electrons. The molecule has 3 nitrogen and oxygen atoms in total. The molecule has 0 bridgehead atoms. The number of imidazole rings is 1. The van der Waals surface area contributed by atoms with Crippen molar-refractivity contribution in [3.63, 3.8) is 0 Å². The maximum absolute atomic E-state index is 4.70. The Bertz CT molecular complexity index is 846. The monoisotopic (exact) mass is 219 g/mol. The highest BCUT2D eigenvalue weighted by Gasteiger charge is 2.03. The van der Waals surface area contributed by atoms with E-state index in [1.165, 1.54) is 5.39 Å². The van der Waals surface area contributed by atoms with E-state index in [9.17, 15) is 0 Å². The largest absolute Gasteiger partial charge is 0.284 e. The minimum absolute atomic E-state index is 0.931. The van der Waals surface area contributed by atoms with E-state index in [0.717, 1.165) is 22.2 Å². The van der Waals surface area contributed by atoms with Crippen LogP contribution in [0.2, 0.25) is 0 Å². The van der Waals surface area contributed by atoms with Gasteiger partial charge in [0.05, 0.1) is 5.52 Å². The van der Waals surface area contributed by atoms with Crippen LogP contribution in [-0.4, -0.2) is 14.4 Å². The van der Waals surface area contributed by atoms with Crippen molar-refractivity contribution in [1.29, 1.82) is 0 Å². The normalized spacial score (nSPS) is 11.5. The van der Waals surface area contributed by atoms with Crippen LogP contribution in [-0.2, 0) is 0 Å². The molecule has 0 amide bonds. The average molecular weight is 219 g/mol. The minimum Gasteiger partial charge on any atom is -0.284 e. The number of rotatable bonds is 0. The molecule has 1 aromatic carbocycles. The van der Waals surface area contributed by atoms with E-state index in [0.29, 0.717) is 0 Å². The van der Waals surface area contributed by atoms with Crippen LogP contribution in [0.5, 0.6) is 0 Å². The number of fused-ring (bicyclic) bond motifs is 4. The lowest BCUT2D eigenvalue weighted by atomic mass is 10.2. The van der Waals surface area contributed by atoms with Crippen LogP contribution in [0.4, 0.5) is 0 Å². The number of para-hydroxylation sites is 1. The van der Waals surface area contributed by atoms with Crippen LogP contribution in [0.25, 0.3) is 27.6 Å². The smallest absolute Gasteiger partial charge is 0.146 e. The fourth-order valence-electron chi connectivity index (χ4n) is 2.22. The molecule has 3 aromatic heterocycles. The van der Waals surface area contributed by atoms with Gasteiger partial charge < -0.3 is 0 Å². The molecular formula is C14H9N3. The lowest BCUT2D eigenvalue weighted by Gasteiger charge is -2.03. The van der Waals surface area contributed by atoms with Crippen LogP contribution in [0, 0.1) is 0 Å². The van der Waals surface area contributed by atoms with Crippen molar-refractivity contribution in [3.8, 4) is 0 Å². The van der Waals surface area contributed by atoms with Crippen LogP contribution in [0.3, 0.4) is 0 Å². The number of aromatic nitrogens is 3. The number of hydrogen-bond acceptors (Lipinski definition) is 2. The van der Waals surface area contributed by atoms with Gasteiger partial charge in [-0.05, 0) is 24.3 Å². The highest BCUT2D eigenvalue weighted by Crippen LogP contribution is 2.20.